The summed E-state index contributed by atoms with van der Waals surface area (Å²) in [6.07, 6.45) is 7.67. The zero-order chi connectivity index (χ0) is 26.5. The molecule has 0 spiro atoms. The monoisotopic (exact) mass is 894 g/mol. The van der Waals surface area contributed by atoms with Crippen LogP contribution in [0.25, 0.3) is 0 Å². The van der Waals surface area contributed by atoms with E-state index in [4.69, 9.17) is 0 Å². The van der Waals surface area contributed by atoms with Crippen molar-refractivity contribution in [3.8, 4) is 0 Å². The minimum atomic E-state index is 0. The Morgan fingerprint density at radius 2 is 0.564 bits per heavy atom. The third-order valence-corrected chi connectivity index (χ3v) is 3.73. The van der Waals surface area contributed by atoms with Crippen LogP contribution in [-0.2, 0) is 57.3 Å². The second-order valence-electron chi connectivity index (χ2n) is 7.82. The van der Waals surface area contributed by atoms with Crippen molar-refractivity contribution < 1.29 is 77.7 Å². The summed E-state index contributed by atoms with van der Waals surface area (Å²) in [6, 6.07) is 0. The molecule has 39 heavy (non-hydrogen) atoms. The van der Waals surface area contributed by atoms with E-state index in [9.17, 15) is 20.4 Å². The van der Waals surface area contributed by atoms with Gasteiger partial charge >= 0.3 is 0 Å². The molecule has 0 rings (SSSR count). The van der Waals surface area contributed by atoms with E-state index in [0.29, 0.717) is 26.2 Å². The predicted molar refractivity (Wildman–Crippen MR) is 138 cm³/mol. The standard InChI is InChI=1S/2C13H22N2O2.3O.2Re/c2*1-10(8-12(3)16)14-6-5-7-15-11(2)9-13(4)17;;;;;/h2*8-9,16-17H,5-7H2,1-4H3;;;;;/q;;3*-2;;/p-4/b2*12-8-,13-9-,14-10?,15-11?;;;;;. The number of rotatable bonds is 12. The number of hydrogen-bond acceptors (Lipinski definition) is 8. The van der Waals surface area contributed by atoms with Gasteiger partial charge in [-0.15, -0.1) is 23.0 Å². The van der Waals surface area contributed by atoms with Gasteiger partial charge in [-0.25, -0.2) is 0 Å². The van der Waals surface area contributed by atoms with Crippen LogP contribution in [0, 0.1) is 0 Å². The molecule has 0 bridgehead atoms. The van der Waals surface area contributed by atoms with Gasteiger partial charge in [0.05, 0.1) is 0 Å². The zero-order valence-corrected chi connectivity index (χ0v) is 29.4. The zero-order valence-electron chi connectivity index (χ0n) is 24.0. The summed E-state index contributed by atoms with van der Waals surface area (Å²) in [5.74, 6) is 0.0414. The van der Waals surface area contributed by atoms with Gasteiger partial charge in [0.2, 0.25) is 0 Å². The summed E-state index contributed by atoms with van der Waals surface area (Å²) in [5.41, 5.74) is 2.98. The Morgan fingerprint density at radius 3 is 0.692 bits per heavy atom. The number of allylic oxidation sites excluding steroid dienone is 8. The maximum absolute atomic E-state index is 10.7. The van der Waals surface area contributed by atoms with Gasteiger partial charge in [0.15, 0.2) is 0 Å². The normalized spacial score (nSPS) is 13.3. The predicted octanol–water partition coefficient (Wildman–Crippen LogP) is 1.29. The number of hydrogen-bond donors (Lipinski definition) is 0. The number of aliphatic imine (C=N–C) groups is 4. The van der Waals surface area contributed by atoms with Gasteiger partial charge in [-0.05, 0) is 40.5 Å². The summed E-state index contributed by atoms with van der Waals surface area (Å²) in [7, 11) is 0. The van der Waals surface area contributed by atoms with Crippen molar-refractivity contribution in [2.75, 3.05) is 26.2 Å². The molecule has 13 heteroatoms. The van der Waals surface area contributed by atoms with Crippen molar-refractivity contribution in [1.82, 2.24) is 0 Å². The molecular weight excluding hydrogens is 853 g/mol. The first-order chi connectivity index (χ1) is 15.8. The van der Waals surface area contributed by atoms with E-state index in [2.05, 4.69) is 20.0 Å². The molecule has 0 atom stereocenters. The SMILES string of the molecule is CC(/C=C(/C)[O-])=NCCCN=C(C)/C=C(/C)[O-].CC(/C=C(/C)[O-])=NCCCN=C(C)/C=C(/C)[O-].[O-2].[O-2].[O-2].[Re].[Re]. The van der Waals surface area contributed by atoms with Gasteiger partial charge in [-0.1, -0.05) is 52.0 Å². The molecule has 230 valence electrons. The van der Waals surface area contributed by atoms with Crippen LogP contribution in [0.2, 0.25) is 0 Å². The average molecular weight is 893 g/mol. The first kappa shape index (κ1) is 53.3. The van der Waals surface area contributed by atoms with E-state index in [1.807, 2.05) is 0 Å². The second-order valence-corrected chi connectivity index (χ2v) is 7.82. The van der Waals surface area contributed by atoms with Crippen molar-refractivity contribution in [3.63, 3.8) is 0 Å². The van der Waals surface area contributed by atoms with Crippen molar-refractivity contribution in [2.45, 2.75) is 68.2 Å². The topological polar surface area (TPSA) is 227 Å². The van der Waals surface area contributed by atoms with Gasteiger partial charge in [0.25, 0.3) is 0 Å². The Kier molecular flexibility index (Phi) is 46.6. The van der Waals surface area contributed by atoms with Crippen LogP contribution in [0.5, 0.6) is 0 Å². The molecular formula is C26H40N4O7Re2-10. The fourth-order valence-electron chi connectivity index (χ4n) is 2.52. The first-order valence-electron chi connectivity index (χ1n) is 11.3. The Labute approximate surface area is 261 Å². The van der Waals surface area contributed by atoms with Crippen LogP contribution in [0.15, 0.2) is 67.3 Å². The van der Waals surface area contributed by atoms with Crippen LogP contribution >= 0.6 is 0 Å². The largest absolute Gasteiger partial charge is 2.00 e. The fourth-order valence-corrected chi connectivity index (χ4v) is 2.52. The van der Waals surface area contributed by atoms with E-state index in [1.54, 1.807) is 27.7 Å². The Morgan fingerprint density at radius 1 is 0.410 bits per heavy atom. The molecule has 0 aliphatic carbocycles. The van der Waals surface area contributed by atoms with Crippen LogP contribution in [0.4, 0.5) is 0 Å². The molecule has 0 aromatic carbocycles. The molecule has 0 amide bonds. The second kappa shape index (κ2) is 34.1. The molecule has 0 saturated heterocycles. The summed E-state index contributed by atoms with van der Waals surface area (Å²) in [6.45, 7) is 15.8. The molecule has 0 unspecified atom stereocenters. The molecule has 0 fully saturated rings. The molecule has 0 aliphatic heterocycles. The smallest absolute Gasteiger partial charge is 0.0410 e. The first-order valence-corrected chi connectivity index (χ1v) is 11.3. The molecule has 0 heterocycles. The molecule has 0 aliphatic rings. The fraction of sp³-hybridized carbons (Fsp3) is 0.538. The third kappa shape index (κ3) is 46.3. The molecule has 0 aromatic heterocycles. The Hall–Kier alpha value is -1.96. The minimum Gasteiger partial charge on any atom is -2.00 e. The summed E-state index contributed by atoms with van der Waals surface area (Å²) < 4.78 is 0. The van der Waals surface area contributed by atoms with Gasteiger partial charge in [-0.2, -0.15) is 0 Å². The molecule has 0 aromatic rings. The van der Waals surface area contributed by atoms with E-state index in [-0.39, 0.29) is 80.3 Å². The summed E-state index contributed by atoms with van der Waals surface area (Å²) in [5, 5.41) is 43.0. The van der Waals surface area contributed by atoms with Crippen molar-refractivity contribution >= 4 is 22.8 Å². The third-order valence-electron chi connectivity index (χ3n) is 3.73. The van der Waals surface area contributed by atoms with Gasteiger partial charge in [0.1, 0.15) is 0 Å². The quantitative estimate of drug-likeness (QED) is 0.160. The van der Waals surface area contributed by atoms with E-state index >= 15 is 0 Å². The summed E-state index contributed by atoms with van der Waals surface area (Å²) in [4.78, 5) is 16.9. The molecule has 2 radical (unpaired) electrons. The van der Waals surface area contributed by atoms with Crippen LogP contribution in [0.1, 0.15) is 68.2 Å². The van der Waals surface area contributed by atoms with Gasteiger partial charge < -0.3 is 36.9 Å². The molecule has 11 nitrogen and oxygen atoms in total. The maximum atomic E-state index is 10.7. The molecule has 0 N–H and O–H groups in total. The van der Waals surface area contributed by atoms with Crippen molar-refractivity contribution in [1.29, 1.82) is 0 Å². The average Bonchev–Trinajstić information content (AvgIpc) is 2.65. The van der Waals surface area contributed by atoms with Crippen LogP contribution in [-0.4, -0.2) is 49.0 Å². The van der Waals surface area contributed by atoms with E-state index < -0.39 is 0 Å². The molecule has 0 saturated carbocycles. The van der Waals surface area contributed by atoms with Gasteiger partial charge in [-0.3, -0.25) is 20.0 Å². The van der Waals surface area contributed by atoms with Crippen LogP contribution < -0.4 is 20.4 Å². The maximum Gasteiger partial charge on any atom is 0.0410 e. The number of nitrogens with zero attached hydrogens (tertiary/aromatic N) is 4. The van der Waals surface area contributed by atoms with Crippen LogP contribution in [0.3, 0.4) is 0 Å². The summed E-state index contributed by atoms with van der Waals surface area (Å²) >= 11 is 0. The Balaban J connectivity index is -0.0000000931. The van der Waals surface area contributed by atoms with Gasteiger partial charge in [0, 0.05) is 89.9 Å². The minimum absolute atomic E-state index is 0. The van der Waals surface area contributed by atoms with Crippen molar-refractivity contribution in [3.05, 3.63) is 47.3 Å². The van der Waals surface area contributed by atoms with Crippen molar-refractivity contribution in [2.24, 2.45) is 20.0 Å². The van der Waals surface area contributed by atoms with E-state index in [0.717, 1.165) is 35.7 Å². The Bertz CT molecular complexity index is 710. The van der Waals surface area contributed by atoms with E-state index in [1.165, 1.54) is 52.0 Å².